The molecule has 0 bridgehead atoms. The third kappa shape index (κ3) is 4.09. The van der Waals surface area contributed by atoms with E-state index >= 15 is 0 Å². The van der Waals surface area contributed by atoms with E-state index in [1.807, 2.05) is 0 Å². The molecule has 2 aliphatic rings. The first-order valence-corrected chi connectivity index (χ1v) is 11.5. The van der Waals surface area contributed by atoms with Crippen molar-refractivity contribution in [3.8, 4) is 39.9 Å². The minimum atomic E-state index is -1.68. The Kier molecular flexibility index (Phi) is 6.81. The summed E-state index contributed by atoms with van der Waals surface area (Å²) < 4.78 is 38.5. The van der Waals surface area contributed by atoms with Crippen molar-refractivity contribution in [1.29, 1.82) is 0 Å². The first kappa shape index (κ1) is 26.0. The Hall–Kier alpha value is -3.59. The molecule has 0 unspecified atom stereocenters. The van der Waals surface area contributed by atoms with Gasteiger partial charge in [0.05, 0.1) is 38.9 Å². The van der Waals surface area contributed by atoms with E-state index in [0.29, 0.717) is 17.1 Å². The molecule has 1 aromatic heterocycles. The normalized spacial score (nSPS) is 26.2. The molecule has 2 aromatic carbocycles. The average molecular weight is 534 g/mol. The molecule has 0 spiro atoms. The van der Waals surface area contributed by atoms with E-state index in [2.05, 4.69) is 0 Å². The van der Waals surface area contributed by atoms with Crippen LogP contribution in [-0.2, 0) is 4.74 Å². The molecule has 204 valence electrons. The standard InChI is InChI=1S/C25H26O13/c1-32-13-4-9-11(6-15(13)34-3)36-24(31)23-18(9)19(27)10-5-14(33-2)16(7-12(10)35-23)37-25-22(30)21(29)20(28)17(8-26)38-25/h4-7,17,20-22,24-26,28-31H,8H2,1-3H3/t17-,20-,21+,22+,24+,25-/m1/s1. The first-order chi connectivity index (χ1) is 18.2. The van der Waals surface area contributed by atoms with Crippen LogP contribution < -0.4 is 29.1 Å². The number of hydrogen-bond donors (Lipinski definition) is 5. The van der Waals surface area contributed by atoms with Crippen LogP contribution in [0, 0.1) is 0 Å². The molecule has 2 aliphatic heterocycles. The van der Waals surface area contributed by atoms with Gasteiger partial charge in [-0.2, -0.15) is 0 Å². The fourth-order valence-electron chi connectivity index (χ4n) is 4.52. The summed E-state index contributed by atoms with van der Waals surface area (Å²) in [6.45, 7) is -0.642. The summed E-state index contributed by atoms with van der Waals surface area (Å²) in [4.78, 5) is 13.7. The van der Waals surface area contributed by atoms with E-state index in [0.717, 1.165) is 0 Å². The van der Waals surface area contributed by atoms with Gasteiger partial charge in [-0.25, -0.2) is 0 Å². The second-order valence-electron chi connectivity index (χ2n) is 8.66. The quantitative estimate of drug-likeness (QED) is 0.286. The van der Waals surface area contributed by atoms with Crippen molar-refractivity contribution in [2.75, 3.05) is 27.9 Å². The molecule has 1 saturated heterocycles. The van der Waals surface area contributed by atoms with E-state index in [-0.39, 0.29) is 39.5 Å². The molecule has 0 aliphatic carbocycles. The second kappa shape index (κ2) is 9.94. The van der Waals surface area contributed by atoms with Gasteiger partial charge in [-0.15, -0.1) is 0 Å². The Labute approximate surface area is 214 Å². The Bertz CT molecular complexity index is 1410. The van der Waals surface area contributed by atoms with Gasteiger partial charge < -0.3 is 58.4 Å². The maximum atomic E-state index is 13.7. The SMILES string of the molecule is COc1cc2c(cc1OC)-c1c(oc3cc(O[C@@H]4O[C@H](CO)[C@@H](O)[C@H](O)[C@@H]4O)c(OC)cc3c1=O)[C@@H](O)O2. The number of benzene rings is 2. The Morgan fingerprint density at radius 2 is 1.50 bits per heavy atom. The van der Waals surface area contributed by atoms with Gasteiger partial charge in [0.25, 0.3) is 6.29 Å². The number of aliphatic hydroxyl groups is 5. The van der Waals surface area contributed by atoms with Crippen LogP contribution in [0.15, 0.2) is 33.5 Å². The maximum absolute atomic E-state index is 13.7. The van der Waals surface area contributed by atoms with Crippen molar-refractivity contribution in [3.05, 3.63) is 40.2 Å². The van der Waals surface area contributed by atoms with E-state index in [9.17, 15) is 30.3 Å². The molecule has 1 fully saturated rings. The Balaban J connectivity index is 1.62. The minimum Gasteiger partial charge on any atom is -0.493 e. The van der Waals surface area contributed by atoms with Gasteiger partial charge in [-0.05, 0) is 12.1 Å². The van der Waals surface area contributed by atoms with Crippen LogP contribution in [0.3, 0.4) is 0 Å². The van der Waals surface area contributed by atoms with Crippen molar-refractivity contribution in [1.82, 2.24) is 0 Å². The van der Waals surface area contributed by atoms with Crippen LogP contribution in [0.25, 0.3) is 22.1 Å². The van der Waals surface area contributed by atoms with Gasteiger partial charge in [-0.1, -0.05) is 0 Å². The van der Waals surface area contributed by atoms with E-state index in [4.69, 9.17) is 32.8 Å². The molecule has 38 heavy (non-hydrogen) atoms. The molecule has 5 rings (SSSR count). The third-order valence-electron chi connectivity index (χ3n) is 6.51. The topological polar surface area (TPSA) is 187 Å². The number of fused-ring (bicyclic) bond motifs is 4. The summed E-state index contributed by atoms with van der Waals surface area (Å²) in [6, 6.07) is 5.66. The predicted octanol–water partition coefficient (Wildman–Crippen LogP) is 0.0478. The monoisotopic (exact) mass is 534 g/mol. The van der Waals surface area contributed by atoms with Crippen LogP contribution in [0.1, 0.15) is 12.1 Å². The van der Waals surface area contributed by atoms with Gasteiger partial charge in [0.15, 0.2) is 28.8 Å². The molecule has 3 aromatic rings. The largest absolute Gasteiger partial charge is 0.493 e. The first-order valence-electron chi connectivity index (χ1n) is 11.5. The van der Waals surface area contributed by atoms with Crippen LogP contribution in [-0.4, -0.2) is 84.2 Å². The maximum Gasteiger partial charge on any atom is 0.257 e. The highest BCUT2D eigenvalue weighted by atomic mass is 16.7. The lowest BCUT2D eigenvalue weighted by atomic mass is 9.98. The van der Waals surface area contributed by atoms with Crippen LogP contribution >= 0.6 is 0 Å². The van der Waals surface area contributed by atoms with E-state index in [1.165, 1.54) is 45.6 Å². The lowest BCUT2D eigenvalue weighted by Gasteiger charge is -2.39. The zero-order valence-electron chi connectivity index (χ0n) is 20.5. The molecular formula is C25H26O13. The minimum absolute atomic E-state index is 0.0132. The highest BCUT2D eigenvalue weighted by Gasteiger charge is 2.45. The van der Waals surface area contributed by atoms with Crippen LogP contribution in [0.5, 0.6) is 28.7 Å². The van der Waals surface area contributed by atoms with E-state index < -0.39 is 49.0 Å². The number of aliphatic hydroxyl groups excluding tert-OH is 5. The fourth-order valence-corrected chi connectivity index (χ4v) is 4.52. The van der Waals surface area contributed by atoms with Gasteiger partial charge in [0.1, 0.15) is 35.7 Å². The van der Waals surface area contributed by atoms with Gasteiger partial charge in [-0.3, -0.25) is 4.79 Å². The molecule has 6 atom stereocenters. The lowest BCUT2D eigenvalue weighted by Crippen LogP contribution is -2.60. The van der Waals surface area contributed by atoms with Gasteiger partial charge >= 0.3 is 0 Å². The second-order valence-corrected chi connectivity index (χ2v) is 8.66. The molecule has 0 saturated carbocycles. The number of rotatable bonds is 6. The van der Waals surface area contributed by atoms with E-state index in [1.54, 1.807) is 0 Å². The molecule has 3 heterocycles. The van der Waals surface area contributed by atoms with Crippen molar-refractivity contribution >= 4 is 11.0 Å². The smallest absolute Gasteiger partial charge is 0.257 e. The van der Waals surface area contributed by atoms with Gasteiger partial charge in [0, 0.05) is 17.7 Å². The van der Waals surface area contributed by atoms with Gasteiger partial charge in [0.2, 0.25) is 11.7 Å². The Morgan fingerprint density at radius 1 is 0.842 bits per heavy atom. The zero-order valence-corrected chi connectivity index (χ0v) is 20.5. The lowest BCUT2D eigenvalue weighted by molar-refractivity contribution is -0.277. The summed E-state index contributed by atoms with van der Waals surface area (Å²) in [5.41, 5.74) is -0.147. The number of methoxy groups -OCH3 is 3. The molecule has 0 amide bonds. The fraction of sp³-hybridized carbons (Fsp3) is 0.400. The van der Waals surface area contributed by atoms with Crippen molar-refractivity contribution < 1.29 is 58.4 Å². The summed E-state index contributed by atoms with van der Waals surface area (Å²) in [5, 5.41) is 50.6. The number of hydrogen-bond acceptors (Lipinski definition) is 13. The van der Waals surface area contributed by atoms with Crippen LogP contribution in [0.4, 0.5) is 0 Å². The molecular weight excluding hydrogens is 508 g/mol. The highest BCUT2D eigenvalue weighted by Crippen LogP contribution is 2.47. The summed E-state index contributed by atoms with van der Waals surface area (Å²) in [6.07, 6.45) is -9.24. The highest BCUT2D eigenvalue weighted by molar-refractivity contribution is 5.88. The molecule has 13 nitrogen and oxygen atoms in total. The predicted molar refractivity (Wildman–Crippen MR) is 128 cm³/mol. The summed E-state index contributed by atoms with van der Waals surface area (Å²) in [7, 11) is 4.20. The van der Waals surface area contributed by atoms with Crippen LogP contribution in [0.2, 0.25) is 0 Å². The van der Waals surface area contributed by atoms with Crippen molar-refractivity contribution in [2.24, 2.45) is 0 Å². The zero-order chi connectivity index (χ0) is 27.3. The Morgan fingerprint density at radius 3 is 2.16 bits per heavy atom. The third-order valence-corrected chi connectivity index (χ3v) is 6.51. The molecule has 5 N–H and O–H groups in total. The number of ether oxygens (including phenoxy) is 6. The average Bonchev–Trinajstić information content (AvgIpc) is 2.92. The van der Waals surface area contributed by atoms with Crippen molar-refractivity contribution in [2.45, 2.75) is 37.0 Å². The molecule has 0 radical (unpaired) electrons. The van der Waals surface area contributed by atoms with Crippen molar-refractivity contribution in [3.63, 3.8) is 0 Å². The summed E-state index contributed by atoms with van der Waals surface area (Å²) >= 11 is 0. The summed E-state index contributed by atoms with van der Waals surface area (Å²) in [5.74, 6) is 0.698. The molecule has 13 heteroatoms.